The van der Waals surface area contributed by atoms with Crippen molar-refractivity contribution >= 4 is 21.4 Å². The summed E-state index contributed by atoms with van der Waals surface area (Å²) in [7, 11) is -1.66. The Balaban J connectivity index is 2.10. The summed E-state index contributed by atoms with van der Waals surface area (Å²) in [6.45, 7) is 1.03. The molecular formula is C13H14N4O2S. The predicted molar refractivity (Wildman–Crippen MR) is 76.3 cm³/mol. The molecule has 0 aliphatic carbocycles. The van der Waals surface area contributed by atoms with Gasteiger partial charge < -0.3 is 4.90 Å². The van der Waals surface area contributed by atoms with E-state index < -0.39 is 10.0 Å². The van der Waals surface area contributed by atoms with Crippen LogP contribution in [-0.4, -0.2) is 38.5 Å². The van der Waals surface area contributed by atoms with Gasteiger partial charge >= 0.3 is 0 Å². The predicted octanol–water partition coefficient (Wildman–Crippen LogP) is 1.12. The summed E-state index contributed by atoms with van der Waals surface area (Å²) in [6.07, 6.45) is 6.16. The molecular weight excluding hydrogens is 276 g/mol. The molecule has 0 saturated heterocycles. The second-order valence-corrected chi connectivity index (χ2v) is 6.41. The molecule has 0 amide bonds. The van der Waals surface area contributed by atoms with E-state index in [0.717, 1.165) is 5.69 Å². The Morgan fingerprint density at radius 2 is 1.85 bits per heavy atom. The quantitative estimate of drug-likeness (QED) is 0.829. The minimum Gasteiger partial charge on any atom is -0.371 e. The lowest BCUT2D eigenvalue weighted by molar-refractivity contribution is 0.588. The van der Waals surface area contributed by atoms with Gasteiger partial charge in [0.05, 0.1) is 24.1 Å². The van der Waals surface area contributed by atoms with Gasteiger partial charge in [-0.05, 0) is 18.2 Å². The van der Waals surface area contributed by atoms with Crippen LogP contribution in [0.25, 0.3) is 0 Å². The lowest BCUT2D eigenvalue weighted by Gasteiger charge is -2.35. The third kappa shape index (κ3) is 2.00. The Kier molecular flexibility index (Phi) is 3.06. The molecule has 0 bridgehead atoms. The van der Waals surface area contributed by atoms with Crippen molar-refractivity contribution in [2.45, 2.75) is 4.90 Å². The standard InChI is InChI=1S/C13H14N4O2S/c1-16-7-8-17(13-10-15-6-4-12(13)16)20(18,19)11-3-2-5-14-9-11/h2-6,9-10H,7-8H2,1H3. The normalized spacial score (nSPS) is 15.1. The molecule has 3 heterocycles. The lowest BCUT2D eigenvalue weighted by atomic mass is 10.2. The summed E-state index contributed by atoms with van der Waals surface area (Å²) in [6, 6.07) is 4.99. The van der Waals surface area contributed by atoms with E-state index in [9.17, 15) is 8.42 Å². The van der Waals surface area contributed by atoms with E-state index in [4.69, 9.17) is 0 Å². The third-order valence-corrected chi connectivity index (χ3v) is 5.12. The number of likely N-dealkylation sites (N-methyl/N-ethyl adjacent to an activating group) is 1. The maximum Gasteiger partial charge on any atom is 0.266 e. The van der Waals surface area contributed by atoms with Gasteiger partial charge in [0.15, 0.2) is 0 Å². The molecule has 0 unspecified atom stereocenters. The van der Waals surface area contributed by atoms with Crippen LogP contribution < -0.4 is 9.21 Å². The molecule has 1 aliphatic heterocycles. The average molecular weight is 290 g/mol. The van der Waals surface area contributed by atoms with Gasteiger partial charge in [0.1, 0.15) is 4.90 Å². The molecule has 0 fully saturated rings. The molecule has 0 aromatic carbocycles. The summed E-state index contributed by atoms with van der Waals surface area (Å²) in [5, 5.41) is 0. The Hall–Kier alpha value is -2.15. The van der Waals surface area contributed by atoms with Crippen molar-refractivity contribution in [1.29, 1.82) is 0 Å². The second-order valence-electron chi connectivity index (χ2n) is 4.55. The molecule has 2 aromatic heterocycles. The molecule has 104 valence electrons. The van der Waals surface area contributed by atoms with E-state index in [0.29, 0.717) is 18.8 Å². The highest BCUT2D eigenvalue weighted by atomic mass is 32.2. The van der Waals surface area contributed by atoms with Crippen LogP contribution in [0.4, 0.5) is 11.4 Å². The highest BCUT2D eigenvalue weighted by Gasteiger charge is 2.31. The van der Waals surface area contributed by atoms with Crippen molar-refractivity contribution in [2.24, 2.45) is 0 Å². The van der Waals surface area contributed by atoms with Crippen LogP contribution in [0.5, 0.6) is 0 Å². The summed E-state index contributed by atoms with van der Waals surface area (Å²) >= 11 is 0. The molecule has 20 heavy (non-hydrogen) atoms. The maximum atomic E-state index is 12.7. The third-order valence-electron chi connectivity index (χ3n) is 3.32. The van der Waals surface area contributed by atoms with Gasteiger partial charge in [-0.25, -0.2) is 8.42 Å². The van der Waals surface area contributed by atoms with Crippen LogP contribution in [0.3, 0.4) is 0 Å². The number of anilines is 2. The first-order chi connectivity index (χ1) is 9.60. The Morgan fingerprint density at radius 1 is 1.05 bits per heavy atom. The van der Waals surface area contributed by atoms with Crippen LogP contribution in [0.1, 0.15) is 0 Å². The number of aromatic nitrogens is 2. The lowest BCUT2D eigenvalue weighted by Crippen LogP contribution is -2.42. The molecule has 0 atom stereocenters. The van der Waals surface area contributed by atoms with Crippen LogP contribution in [-0.2, 0) is 10.0 Å². The maximum absolute atomic E-state index is 12.7. The highest BCUT2D eigenvalue weighted by Crippen LogP contribution is 2.34. The summed E-state index contributed by atoms with van der Waals surface area (Å²) in [5.74, 6) is 0. The van der Waals surface area contributed by atoms with Crippen molar-refractivity contribution in [2.75, 3.05) is 29.3 Å². The molecule has 0 radical (unpaired) electrons. The molecule has 0 spiro atoms. The van der Waals surface area contributed by atoms with Gasteiger partial charge in [-0.2, -0.15) is 0 Å². The van der Waals surface area contributed by atoms with Crippen LogP contribution in [0, 0.1) is 0 Å². The van der Waals surface area contributed by atoms with E-state index >= 15 is 0 Å². The molecule has 2 aromatic rings. The van der Waals surface area contributed by atoms with Crippen molar-refractivity contribution in [3.63, 3.8) is 0 Å². The first-order valence-electron chi connectivity index (χ1n) is 6.18. The number of fused-ring (bicyclic) bond motifs is 1. The summed E-state index contributed by atoms with van der Waals surface area (Å²) in [4.78, 5) is 10.1. The molecule has 7 heteroatoms. The minimum absolute atomic E-state index is 0.194. The van der Waals surface area contributed by atoms with Gasteiger partial charge in [0.2, 0.25) is 0 Å². The number of pyridine rings is 2. The Bertz CT molecular complexity index is 718. The second kappa shape index (κ2) is 4.75. The van der Waals surface area contributed by atoms with Crippen molar-refractivity contribution < 1.29 is 8.42 Å². The molecule has 0 N–H and O–H groups in total. The fraction of sp³-hybridized carbons (Fsp3) is 0.231. The first kappa shape index (κ1) is 12.9. The summed E-state index contributed by atoms with van der Waals surface area (Å²) in [5.41, 5.74) is 1.46. The minimum atomic E-state index is -3.59. The largest absolute Gasteiger partial charge is 0.371 e. The van der Waals surface area contributed by atoms with Crippen molar-refractivity contribution in [3.05, 3.63) is 43.0 Å². The number of sulfonamides is 1. The van der Waals surface area contributed by atoms with Gasteiger partial charge in [-0.1, -0.05) is 0 Å². The number of hydrogen-bond acceptors (Lipinski definition) is 5. The number of rotatable bonds is 2. The van der Waals surface area contributed by atoms with E-state index in [-0.39, 0.29) is 4.90 Å². The zero-order valence-corrected chi connectivity index (χ0v) is 11.8. The molecule has 3 rings (SSSR count). The SMILES string of the molecule is CN1CCN(S(=O)(=O)c2cccnc2)c2cnccc21. The van der Waals surface area contributed by atoms with Gasteiger partial charge in [0, 0.05) is 32.2 Å². The van der Waals surface area contributed by atoms with Crippen LogP contribution >= 0.6 is 0 Å². The zero-order valence-electron chi connectivity index (χ0n) is 11.0. The smallest absolute Gasteiger partial charge is 0.266 e. The average Bonchev–Trinajstić information content (AvgIpc) is 2.48. The van der Waals surface area contributed by atoms with Gasteiger partial charge in [-0.3, -0.25) is 14.3 Å². The fourth-order valence-electron chi connectivity index (χ4n) is 2.25. The number of hydrogen-bond donors (Lipinski definition) is 0. The number of nitrogens with zero attached hydrogens (tertiary/aromatic N) is 4. The molecule has 0 saturated carbocycles. The van der Waals surface area contributed by atoms with Gasteiger partial charge in [0.25, 0.3) is 10.0 Å². The fourth-order valence-corrected chi connectivity index (χ4v) is 3.67. The first-order valence-corrected chi connectivity index (χ1v) is 7.62. The van der Waals surface area contributed by atoms with Crippen molar-refractivity contribution in [3.8, 4) is 0 Å². The van der Waals surface area contributed by atoms with E-state index in [1.165, 1.54) is 10.5 Å². The monoisotopic (exact) mass is 290 g/mol. The van der Waals surface area contributed by atoms with Crippen LogP contribution in [0.2, 0.25) is 0 Å². The topological polar surface area (TPSA) is 66.4 Å². The molecule has 6 nitrogen and oxygen atoms in total. The summed E-state index contributed by atoms with van der Waals surface area (Å²) < 4.78 is 26.8. The van der Waals surface area contributed by atoms with E-state index in [2.05, 4.69) is 9.97 Å². The van der Waals surface area contributed by atoms with E-state index in [1.807, 2.05) is 18.0 Å². The highest BCUT2D eigenvalue weighted by molar-refractivity contribution is 7.92. The molecule has 1 aliphatic rings. The van der Waals surface area contributed by atoms with Crippen LogP contribution in [0.15, 0.2) is 47.9 Å². The van der Waals surface area contributed by atoms with Gasteiger partial charge in [-0.15, -0.1) is 0 Å². The zero-order chi connectivity index (χ0) is 14.2. The van der Waals surface area contributed by atoms with Crippen molar-refractivity contribution in [1.82, 2.24) is 9.97 Å². The Labute approximate surface area is 117 Å². The van der Waals surface area contributed by atoms with E-state index in [1.54, 1.807) is 30.7 Å². The Morgan fingerprint density at radius 3 is 2.60 bits per heavy atom.